The van der Waals surface area contributed by atoms with Gasteiger partial charge in [-0.1, -0.05) is 48.5 Å². The fourth-order valence-electron chi connectivity index (χ4n) is 4.68. The van der Waals surface area contributed by atoms with Gasteiger partial charge in [0, 0.05) is 31.5 Å². The molecule has 0 unspecified atom stereocenters. The summed E-state index contributed by atoms with van der Waals surface area (Å²) in [6, 6.07) is 21.9. The third-order valence-corrected chi connectivity index (χ3v) is 6.38. The minimum absolute atomic E-state index is 0.0160. The summed E-state index contributed by atoms with van der Waals surface area (Å²) in [5.74, 6) is 0.926. The molecular formula is C27H30N2O2. The van der Waals surface area contributed by atoms with E-state index in [9.17, 15) is 9.90 Å². The quantitative estimate of drug-likeness (QED) is 0.589. The molecule has 160 valence electrons. The van der Waals surface area contributed by atoms with Gasteiger partial charge in [-0.15, -0.1) is 0 Å². The molecule has 0 radical (unpaired) electrons. The lowest BCUT2D eigenvalue weighted by Gasteiger charge is -2.19. The molecule has 1 saturated carbocycles. The molecule has 0 spiro atoms. The van der Waals surface area contributed by atoms with Crippen LogP contribution in [0.5, 0.6) is 0 Å². The van der Waals surface area contributed by atoms with Gasteiger partial charge in [-0.3, -0.25) is 9.78 Å². The average molecular weight is 415 g/mol. The highest BCUT2D eigenvalue weighted by Crippen LogP contribution is 2.40. The maximum Gasteiger partial charge on any atom is 0.253 e. The minimum atomic E-state index is -0.374. The first kappa shape index (κ1) is 21.3. The Balaban J connectivity index is 1.31. The Kier molecular flexibility index (Phi) is 6.78. The van der Waals surface area contributed by atoms with Crippen molar-refractivity contribution in [2.75, 3.05) is 7.05 Å². The SMILES string of the molecule is CN(Cc1cccnc1)C(=O)c1ccc(C[C@@H]2CC[C@H]([C@H](O)c3ccccc3)C2)cc1. The van der Waals surface area contributed by atoms with Gasteiger partial charge < -0.3 is 10.0 Å². The topological polar surface area (TPSA) is 53.4 Å². The monoisotopic (exact) mass is 414 g/mol. The third kappa shape index (κ3) is 5.39. The molecule has 4 rings (SSSR count). The summed E-state index contributed by atoms with van der Waals surface area (Å²) in [7, 11) is 1.82. The van der Waals surface area contributed by atoms with Crippen LogP contribution in [-0.2, 0) is 13.0 Å². The van der Waals surface area contributed by atoms with Crippen LogP contribution in [0, 0.1) is 11.8 Å². The summed E-state index contributed by atoms with van der Waals surface area (Å²) in [5, 5.41) is 10.7. The molecule has 31 heavy (non-hydrogen) atoms. The predicted molar refractivity (Wildman–Crippen MR) is 122 cm³/mol. The van der Waals surface area contributed by atoms with E-state index in [0.717, 1.165) is 36.8 Å². The maximum atomic E-state index is 12.7. The van der Waals surface area contributed by atoms with Gasteiger partial charge in [0.25, 0.3) is 5.91 Å². The smallest absolute Gasteiger partial charge is 0.253 e. The predicted octanol–water partition coefficient (Wildman–Crippen LogP) is 5.05. The second-order valence-electron chi connectivity index (χ2n) is 8.72. The largest absolute Gasteiger partial charge is 0.388 e. The molecule has 2 aromatic carbocycles. The van der Waals surface area contributed by atoms with Crippen LogP contribution >= 0.6 is 0 Å². The van der Waals surface area contributed by atoms with Crippen LogP contribution in [0.3, 0.4) is 0 Å². The first-order valence-corrected chi connectivity index (χ1v) is 11.1. The van der Waals surface area contributed by atoms with Crippen LogP contribution < -0.4 is 0 Å². The summed E-state index contributed by atoms with van der Waals surface area (Å²) in [5.41, 5.74) is 4.00. The number of nitrogens with zero attached hydrogens (tertiary/aromatic N) is 2. The molecule has 3 atom stereocenters. The molecule has 1 aromatic heterocycles. The van der Waals surface area contributed by atoms with E-state index in [2.05, 4.69) is 17.1 Å². The second kappa shape index (κ2) is 9.88. The van der Waals surface area contributed by atoms with Crippen molar-refractivity contribution in [3.05, 3.63) is 101 Å². The van der Waals surface area contributed by atoms with Crippen LogP contribution in [0.2, 0.25) is 0 Å². The fourth-order valence-corrected chi connectivity index (χ4v) is 4.68. The Bertz CT molecular complexity index is 973. The van der Waals surface area contributed by atoms with Gasteiger partial charge in [0.05, 0.1) is 6.10 Å². The van der Waals surface area contributed by atoms with Gasteiger partial charge in [0.15, 0.2) is 0 Å². The Hall–Kier alpha value is -2.98. The van der Waals surface area contributed by atoms with Crippen molar-refractivity contribution in [2.45, 2.75) is 38.3 Å². The van der Waals surface area contributed by atoms with Gasteiger partial charge in [-0.05, 0) is 72.4 Å². The van der Waals surface area contributed by atoms with Gasteiger partial charge >= 0.3 is 0 Å². The van der Waals surface area contributed by atoms with Crippen molar-refractivity contribution < 1.29 is 9.90 Å². The van der Waals surface area contributed by atoms with Gasteiger partial charge in [-0.25, -0.2) is 0 Å². The molecule has 1 N–H and O–H groups in total. The molecule has 4 nitrogen and oxygen atoms in total. The zero-order valence-electron chi connectivity index (χ0n) is 18.0. The number of hydrogen-bond acceptors (Lipinski definition) is 3. The molecule has 0 aliphatic heterocycles. The highest BCUT2D eigenvalue weighted by molar-refractivity contribution is 5.94. The molecule has 0 bridgehead atoms. The first-order chi connectivity index (χ1) is 15.1. The van der Waals surface area contributed by atoms with E-state index in [1.807, 2.05) is 61.6 Å². The zero-order valence-corrected chi connectivity index (χ0v) is 18.0. The maximum absolute atomic E-state index is 12.7. The number of benzene rings is 2. The second-order valence-corrected chi connectivity index (χ2v) is 8.72. The molecule has 0 saturated heterocycles. The molecule has 1 heterocycles. The average Bonchev–Trinajstić information content (AvgIpc) is 3.28. The summed E-state index contributed by atoms with van der Waals surface area (Å²) >= 11 is 0. The number of aliphatic hydroxyl groups excluding tert-OH is 1. The summed E-state index contributed by atoms with van der Waals surface area (Å²) < 4.78 is 0. The Morgan fingerprint density at radius 3 is 2.52 bits per heavy atom. The zero-order chi connectivity index (χ0) is 21.6. The molecule has 1 aliphatic rings. The lowest BCUT2D eigenvalue weighted by Crippen LogP contribution is -2.26. The summed E-state index contributed by atoms with van der Waals surface area (Å²) in [4.78, 5) is 18.6. The van der Waals surface area contributed by atoms with E-state index in [0.29, 0.717) is 23.9 Å². The van der Waals surface area contributed by atoms with E-state index >= 15 is 0 Å². The van der Waals surface area contributed by atoms with Crippen LogP contribution in [0.25, 0.3) is 0 Å². The molecule has 1 aliphatic carbocycles. The van der Waals surface area contributed by atoms with Crippen molar-refractivity contribution in [1.82, 2.24) is 9.88 Å². The van der Waals surface area contributed by atoms with Gasteiger partial charge in [0.1, 0.15) is 0 Å². The van der Waals surface area contributed by atoms with E-state index in [1.165, 1.54) is 5.56 Å². The van der Waals surface area contributed by atoms with Crippen molar-refractivity contribution in [3.8, 4) is 0 Å². The van der Waals surface area contributed by atoms with Crippen molar-refractivity contribution in [3.63, 3.8) is 0 Å². The van der Waals surface area contributed by atoms with Crippen molar-refractivity contribution in [2.24, 2.45) is 11.8 Å². The van der Waals surface area contributed by atoms with E-state index < -0.39 is 0 Å². The first-order valence-electron chi connectivity index (χ1n) is 11.1. The number of carbonyl (C=O) groups excluding carboxylic acids is 1. The van der Waals surface area contributed by atoms with Crippen LogP contribution in [0.4, 0.5) is 0 Å². The van der Waals surface area contributed by atoms with Gasteiger partial charge in [-0.2, -0.15) is 0 Å². The van der Waals surface area contributed by atoms with Crippen LogP contribution in [0.15, 0.2) is 79.1 Å². The Labute approximate surface area is 184 Å². The number of aliphatic hydroxyl groups is 1. The number of aromatic nitrogens is 1. The van der Waals surface area contributed by atoms with Crippen LogP contribution in [-0.4, -0.2) is 27.9 Å². The molecule has 1 amide bonds. The minimum Gasteiger partial charge on any atom is -0.388 e. The van der Waals surface area contributed by atoms with Crippen molar-refractivity contribution in [1.29, 1.82) is 0 Å². The fraction of sp³-hybridized carbons (Fsp3) is 0.333. The normalized spacial score (nSPS) is 19.2. The van der Waals surface area contributed by atoms with Crippen molar-refractivity contribution >= 4 is 5.91 Å². The molecule has 1 fully saturated rings. The summed E-state index contributed by atoms with van der Waals surface area (Å²) in [6.07, 6.45) is 7.40. The van der Waals surface area contributed by atoms with Crippen LogP contribution in [0.1, 0.15) is 52.4 Å². The van der Waals surface area contributed by atoms with E-state index in [1.54, 1.807) is 17.3 Å². The lowest BCUT2D eigenvalue weighted by atomic mass is 9.91. The molecule has 4 heteroatoms. The number of carbonyl (C=O) groups is 1. The standard InChI is InChI=1S/C27H30N2O2/c1-29(19-22-6-5-15-28-18-22)27(31)24-12-9-20(10-13-24)16-21-11-14-25(17-21)26(30)23-7-3-2-4-8-23/h2-10,12-13,15,18,21,25-26,30H,11,14,16-17,19H2,1H3/t21-,25-,26+/m0/s1. The van der Waals surface area contributed by atoms with E-state index in [4.69, 9.17) is 0 Å². The Morgan fingerprint density at radius 2 is 1.81 bits per heavy atom. The van der Waals surface area contributed by atoms with Gasteiger partial charge in [0.2, 0.25) is 0 Å². The Morgan fingerprint density at radius 1 is 1.03 bits per heavy atom. The number of amides is 1. The highest BCUT2D eigenvalue weighted by atomic mass is 16.3. The number of rotatable bonds is 7. The molecule has 3 aromatic rings. The van der Waals surface area contributed by atoms with E-state index in [-0.39, 0.29) is 12.0 Å². The summed E-state index contributed by atoms with van der Waals surface area (Å²) in [6.45, 7) is 0.543. The number of pyridine rings is 1. The highest BCUT2D eigenvalue weighted by Gasteiger charge is 2.30. The third-order valence-electron chi connectivity index (χ3n) is 6.38. The molecular weight excluding hydrogens is 384 g/mol. The number of hydrogen-bond donors (Lipinski definition) is 1. The lowest BCUT2D eigenvalue weighted by molar-refractivity contribution is 0.0785.